The Morgan fingerprint density at radius 1 is 1.08 bits per heavy atom. The number of ether oxygens (including phenoxy) is 1. The molecule has 1 atom stereocenters. The number of aryl methyl sites for hydroxylation is 1. The minimum atomic E-state index is -5.19. The molecule has 0 unspecified atom stereocenters. The first-order chi connectivity index (χ1) is 12.2. The highest BCUT2D eigenvalue weighted by molar-refractivity contribution is 5.99. The number of hydrogen-bond acceptors (Lipinski definition) is 4. The summed E-state index contributed by atoms with van der Waals surface area (Å²) in [5.41, 5.74) is -2.68. The lowest BCUT2D eigenvalue weighted by atomic mass is 10.1. The van der Waals surface area contributed by atoms with E-state index in [2.05, 4.69) is 9.72 Å². The quantitative estimate of drug-likeness (QED) is 0.625. The van der Waals surface area contributed by atoms with Crippen molar-refractivity contribution in [2.24, 2.45) is 0 Å². The molecule has 0 radical (unpaired) electrons. The van der Waals surface area contributed by atoms with E-state index in [9.17, 15) is 22.8 Å². The van der Waals surface area contributed by atoms with Crippen molar-refractivity contribution in [3.63, 3.8) is 0 Å². The van der Waals surface area contributed by atoms with Gasteiger partial charge in [0.05, 0.1) is 13.3 Å². The number of nitrogens with one attached hydrogen (secondary N) is 3. The van der Waals surface area contributed by atoms with Gasteiger partial charge in [-0.25, -0.2) is 15.1 Å². The molecule has 0 saturated carbocycles. The van der Waals surface area contributed by atoms with Crippen molar-refractivity contribution < 1.29 is 32.5 Å². The standard InChI is InChI=1S/C17H16F3N3O3/c1-11-6-8-12(9-7-11)14(24)23-16(15(25)26-2,17(18,19)20)22-13-5-3-4-10-21-13/h3-10H,1-2H3,(H,21,22)(H,23,24)/p+1/t16-/m0/s1. The highest BCUT2D eigenvalue weighted by Crippen LogP contribution is 2.32. The summed E-state index contributed by atoms with van der Waals surface area (Å²) in [4.78, 5) is 27.0. The van der Waals surface area contributed by atoms with Gasteiger partial charge in [-0.3, -0.25) is 10.1 Å². The van der Waals surface area contributed by atoms with E-state index in [-0.39, 0.29) is 11.4 Å². The van der Waals surface area contributed by atoms with Gasteiger partial charge in [0.15, 0.2) is 0 Å². The Hall–Kier alpha value is -3.10. The number of esters is 1. The summed E-state index contributed by atoms with van der Waals surface area (Å²) in [6.45, 7) is 1.77. The van der Waals surface area contributed by atoms with Crippen LogP contribution < -0.4 is 15.6 Å². The summed E-state index contributed by atoms with van der Waals surface area (Å²) in [6, 6.07) is 10.1. The van der Waals surface area contributed by atoms with Crippen LogP contribution >= 0.6 is 0 Å². The summed E-state index contributed by atoms with van der Waals surface area (Å²) < 4.78 is 45.9. The van der Waals surface area contributed by atoms with Gasteiger partial charge < -0.3 is 4.74 Å². The van der Waals surface area contributed by atoms with Gasteiger partial charge in [0.2, 0.25) is 0 Å². The Bertz CT molecular complexity index is 779. The number of alkyl halides is 3. The molecule has 1 aromatic heterocycles. The van der Waals surface area contributed by atoms with Crippen LogP contribution in [0.1, 0.15) is 15.9 Å². The number of benzene rings is 1. The zero-order chi connectivity index (χ0) is 19.4. The molecular weight excluding hydrogens is 351 g/mol. The average Bonchev–Trinajstić information content (AvgIpc) is 2.60. The number of hydrogen-bond donors (Lipinski definition) is 2. The number of aromatic amines is 1. The number of carbonyl (C=O) groups is 2. The molecule has 26 heavy (non-hydrogen) atoms. The van der Waals surface area contributed by atoms with Gasteiger partial charge in [-0.1, -0.05) is 23.8 Å². The predicted molar refractivity (Wildman–Crippen MR) is 86.1 cm³/mol. The van der Waals surface area contributed by atoms with E-state index in [1.54, 1.807) is 30.4 Å². The topological polar surface area (TPSA) is 81.6 Å². The predicted octanol–water partition coefficient (Wildman–Crippen LogP) is 2.08. The van der Waals surface area contributed by atoms with Crippen molar-refractivity contribution in [2.45, 2.75) is 18.8 Å². The number of H-pyrrole nitrogens is 1. The zero-order valence-electron chi connectivity index (χ0n) is 14.0. The van der Waals surface area contributed by atoms with Crippen molar-refractivity contribution in [3.8, 4) is 0 Å². The maximum Gasteiger partial charge on any atom is 0.464 e. The Morgan fingerprint density at radius 2 is 1.73 bits per heavy atom. The summed E-state index contributed by atoms with van der Waals surface area (Å²) in [6.07, 6.45) is -3.83. The number of rotatable bonds is 5. The highest BCUT2D eigenvalue weighted by Gasteiger charge is 2.67. The molecule has 2 rings (SSSR count). The van der Waals surface area contributed by atoms with Crippen molar-refractivity contribution in [2.75, 3.05) is 12.4 Å². The molecule has 0 fully saturated rings. The van der Waals surface area contributed by atoms with E-state index < -0.39 is 23.7 Å². The van der Waals surface area contributed by atoms with Crippen LogP contribution in [0.25, 0.3) is 0 Å². The van der Waals surface area contributed by atoms with E-state index in [1.807, 2.05) is 5.32 Å². The van der Waals surface area contributed by atoms with Crippen LogP contribution in [-0.4, -0.2) is 30.8 Å². The maximum absolute atomic E-state index is 13.8. The van der Waals surface area contributed by atoms with Crippen LogP contribution in [0.4, 0.5) is 19.0 Å². The number of aromatic nitrogens is 1. The van der Waals surface area contributed by atoms with Crippen LogP contribution in [0.2, 0.25) is 0 Å². The second-order valence-corrected chi connectivity index (χ2v) is 5.46. The lowest BCUT2D eigenvalue weighted by Crippen LogP contribution is -2.69. The number of anilines is 1. The lowest BCUT2D eigenvalue weighted by Gasteiger charge is -2.30. The molecule has 0 aliphatic rings. The molecule has 0 saturated heterocycles. The first-order valence-electron chi connectivity index (χ1n) is 7.49. The third kappa shape index (κ3) is 3.93. The van der Waals surface area contributed by atoms with Crippen molar-refractivity contribution >= 4 is 17.7 Å². The number of methoxy groups -OCH3 is 1. The third-order valence-electron chi connectivity index (χ3n) is 3.56. The molecule has 1 aromatic carbocycles. The SMILES string of the molecule is COC(=O)[C@@](NC(=O)c1ccc(C)cc1)(Nc1cccc[nH+]1)C(F)(F)F. The van der Waals surface area contributed by atoms with Gasteiger partial charge in [-0.2, -0.15) is 13.2 Å². The van der Waals surface area contributed by atoms with Gasteiger partial charge >= 0.3 is 17.8 Å². The minimum Gasteiger partial charge on any atom is -0.464 e. The Labute approximate surface area is 147 Å². The monoisotopic (exact) mass is 368 g/mol. The smallest absolute Gasteiger partial charge is 0.464 e. The van der Waals surface area contributed by atoms with E-state index >= 15 is 0 Å². The van der Waals surface area contributed by atoms with Crippen LogP contribution in [0, 0.1) is 6.92 Å². The first kappa shape index (κ1) is 19.2. The Kier molecular flexibility index (Phi) is 5.49. The van der Waals surface area contributed by atoms with E-state index in [0.717, 1.165) is 12.7 Å². The van der Waals surface area contributed by atoms with Gasteiger partial charge in [-0.15, -0.1) is 0 Å². The fraction of sp³-hybridized carbons (Fsp3) is 0.235. The fourth-order valence-corrected chi connectivity index (χ4v) is 2.16. The second kappa shape index (κ2) is 7.42. The normalized spacial score (nSPS) is 13.4. The molecule has 2 aromatic rings. The van der Waals surface area contributed by atoms with Gasteiger partial charge in [0.25, 0.3) is 11.7 Å². The van der Waals surface area contributed by atoms with E-state index in [1.165, 1.54) is 30.5 Å². The molecule has 3 N–H and O–H groups in total. The summed E-state index contributed by atoms with van der Waals surface area (Å²) in [5.74, 6) is -2.93. The molecule has 1 heterocycles. The number of carbonyl (C=O) groups excluding carboxylic acids is 2. The molecule has 1 amide bonds. The molecule has 9 heteroatoms. The van der Waals surface area contributed by atoms with Crippen molar-refractivity contribution in [1.82, 2.24) is 5.32 Å². The van der Waals surface area contributed by atoms with Gasteiger partial charge in [-0.05, 0) is 25.1 Å². The van der Waals surface area contributed by atoms with Crippen LogP contribution in [0.5, 0.6) is 0 Å². The maximum atomic E-state index is 13.8. The van der Waals surface area contributed by atoms with Gasteiger partial charge in [0, 0.05) is 11.6 Å². The molecule has 6 nitrogen and oxygen atoms in total. The Morgan fingerprint density at radius 3 is 2.23 bits per heavy atom. The van der Waals surface area contributed by atoms with Crippen LogP contribution in [0.3, 0.4) is 0 Å². The molecule has 0 bridgehead atoms. The molecule has 0 aliphatic carbocycles. The van der Waals surface area contributed by atoms with E-state index in [4.69, 9.17) is 0 Å². The van der Waals surface area contributed by atoms with Crippen molar-refractivity contribution in [1.29, 1.82) is 0 Å². The largest absolute Gasteiger partial charge is 0.464 e. The number of amides is 1. The number of halogens is 3. The molecule has 0 spiro atoms. The highest BCUT2D eigenvalue weighted by atomic mass is 19.4. The van der Waals surface area contributed by atoms with Gasteiger partial charge in [0.1, 0.15) is 0 Å². The molecule has 138 valence electrons. The summed E-state index contributed by atoms with van der Waals surface area (Å²) >= 11 is 0. The van der Waals surface area contributed by atoms with Crippen LogP contribution in [-0.2, 0) is 9.53 Å². The molecular formula is C17H17F3N3O3+. The van der Waals surface area contributed by atoms with E-state index in [0.29, 0.717) is 0 Å². The number of pyridine rings is 1. The van der Waals surface area contributed by atoms with Crippen molar-refractivity contribution in [3.05, 3.63) is 59.8 Å². The van der Waals surface area contributed by atoms with Crippen LogP contribution in [0.15, 0.2) is 48.7 Å². The Balaban J connectivity index is 2.46. The third-order valence-corrected chi connectivity index (χ3v) is 3.56. The summed E-state index contributed by atoms with van der Waals surface area (Å²) in [7, 11) is 0.803. The summed E-state index contributed by atoms with van der Waals surface area (Å²) in [5, 5.41) is 3.74. The zero-order valence-corrected chi connectivity index (χ0v) is 14.0. The molecule has 0 aliphatic heterocycles. The minimum absolute atomic E-state index is 0.0352. The lowest BCUT2D eigenvalue weighted by molar-refractivity contribution is -0.363. The second-order valence-electron chi connectivity index (χ2n) is 5.46. The first-order valence-corrected chi connectivity index (χ1v) is 7.49. The average molecular weight is 368 g/mol. The fourth-order valence-electron chi connectivity index (χ4n) is 2.16.